The zero-order valence-electron chi connectivity index (χ0n) is 14.3. The third-order valence-corrected chi connectivity index (χ3v) is 3.77. The van der Waals surface area contributed by atoms with Crippen LogP contribution in [0.4, 0.5) is 5.95 Å². The molecular formula is C16H29N7. The first kappa shape index (κ1) is 17.5. The molecule has 7 nitrogen and oxygen atoms in total. The summed E-state index contributed by atoms with van der Waals surface area (Å²) >= 11 is 0. The van der Waals surface area contributed by atoms with Crippen molar-refractivity contribution >= 4 is 11.9 Å². The van der Waals surface area contributed by atoms with Gasteiger partial charge in [-0.1, -0.05) is 6.92 Å². The summed E-state index contributed by atoms with van der Waals surface area (Å²) in [5.74, 6) is 1.76. The second kappa shape index (κ2) is 9.99. The average Bonchev–Trinajstić information content (AvgIpc) is 2.61. The fourth-order valence-electron chi connectivity index (χ4n) is 2.52. The zero-order valence-corrected chi connectivity index (χ0v) is 14.3. The highest BCUT2D eigenvalue weighted by Gasteiger charge is 2.18. The Kier molecular flexibility index (Phi) is 7.59. The van der Waals surface area contributed by atoms with Crippen LogP contribution in [0, 0.1) is 0 Å². The monoisotopic (exact) mass is 319 g/mol. The standard InChI is InChI=1S/C16H29N7/c1-3-6-18-15(17-4-2)19-9-10-22-11-13-23(14-12-22)16-20-7-5-8-21-16/h5,7-8H,3-4,6,9-14H2,1-2H3,(H2,17,18,19). The van der Waals surface area contributed by atoms with Gasteiger partial charge in [-0.15, -0.1) is 0 Å². The molecule has 1 saturated heterocycles. The Bertz CT molecular complexity index is 455. The van der Waals surface area contributed by atoms with Gasteiger partial charge >= 0.3 is 0 Å². The van der Waals surface area contributed by atoms with Gasteiger partial charge in [0.15, 0.2) is 5.96 Å². The lowest BCUT2D eigenvalue weighted by Gasteiger charge is -2.34. The number of guanidine groups is 1. The van der Waals surface area contributed by atoms with Gasteiger partial charge in [-0.2, -0.15) is 0 Å². The van der Waals surface area contributed by atoms with Crippen molar-refractivity contribution in [2.75, 3.05) is 57.3 Å². The number of piperazine rings is 1. The molecular weight excluding hydrogens is 290 g/mol. The highest BCUT2D eigenvalue weighted by molar-refractivity contribution is 5.79. The summed E-state index contributed by atoms with van der Waals surface area (Å²) in [7, 11) is 0. The topological polar surface area (TPSA) is 68.7 Å². The van der Waals surface area contributed by atoms with Gasteiger partial charge in [-0.05, 0) is 19.4 Å². The molecule has 0 unspecified atom stereocenters. The second-order valence-corrected chi connectivity index (χ2v) is 5.56. The van der Waals surface area contributed by atoms with Crippen molar-refractivity contribution in [1.82, 2.24) is 25.5 Å². The smallest absolute Gasteiger partial charge is 0.225 e. The van der Waals surface area contributed by atoms with Gasteiger partial charge in [0.1, 0.15) is 0 Å². The number of aliphatic imine (C=N–C) groups is 1. The first-order chi connectivity index (χ1) is 11.3. The van der Waals surface area contributed by atoms with E-state index in [1.54, 1.807) is 12.4 Å². The largest absolute Gasteiger partial charge is 0.357 e. The molecule has 0 aliphatic carbocycles. The summed E-state index contributed by atoms with van der Waals surface area (Å²) in [6, 6.07) is 1.85. The van der Waals surface area contributed by atoms with Gasteiger partial charge in [0.25, 0.3) is 0 Å². The van der Waals surface area contributed by atoms with E-state index in [1.165, 1.54) is 0 Å². The van der Waals surface area contributed by atoms with Crippen LogP contribution in [0.1, 0.15) is 20.3 Å². The SMILES string of the molecule is CCCN=C(NCC)NCCN1CCN(c2ncccn2)CC1. The molecule has 2 N–H and O–H groups in total. The van der Waals surface area contributed by atoms with Crippen LogP contribution in [0.5, 0.6) is 0 Å². The molecule has 128 valence electrons. The molecule has 0 spiro atoms. The van der Waals surface area contributed by atoms with Gasteiger partial charge in [0.05, 0.1) is 0 Å². The number of nitrogens with one attached hydrogen (secondary N) is 2. The van der Waals surface area contributed by atoms with Crippen LogP contribution in [0.3, 0.4) is 0 Å². The molecule has 2 rings (SSSR count). The Labute approximate surface area is 139 Å². The van der Waals surface area contributed by atoms with E-state index in [1.807, 2.05) is 6.07 Å². The number of anilines is 1. The molecule has 2 heterocycles. The molecule has 1 aromatic heterocycles. The summed E-state index contributed by atoms with van der Waals surface area (Å²) in [6.45, 7) is 12.0. The van der Waals surface area contributed by atoms with Crippen LogP contribution in [0.25, 0.3) is 0 Å². The van der Waals surface area contributed by atoms with Gasteiger partial charge in [0, 0.05) is 64.8 Å². The Morgan fingerprint density at radius 2 is 1.87 bits per heavy atom. The minimum Gasteiger partial charge on any atom is -0.357 e. The predicted molar refractivity (Wildman–Crippen MR) is 95.0 cm³/mol. The van der Waals surface area contributed by atoms with Crippen molar-refractivity contribution in [3.8, 4) is 0 Å². The van der Waals surface area contributed by atoms with Crippen molar-refractivity contribution in [2.45, 2.75) is 20.3 Å². The molecule has 23 heavy (non-hydrogen) atoms. The highest BCUT2D eigenvalue weighted by atomic mass is 15.3. The molecule has 0 atom stereocenters. The van der Waals surface area contributed by atoms with Crippen molar-refractivity contribution in [3.63, 3.8) is 0 Å². The number of hydrogen-bond donors (Lipinski definition) is 2. The summed E-state index contributed by atoms with van der Waals surface area (Å²) in [4.78, 5) is 17.9. The van der Waals surface area contributed by atoms with Crippen LogP contribution in [0.2, 0.25) is 0 Å². The quantitative estimate of drug-likeness (QED) is 0.565. The second-order valence-electron chi connectivity index (χ2n) is 5.56. The van der Waals surface area contributed by atoms with Crippen LogP contribution >= 0.6 is 0 Å². The third-order valence-electron chi connectivity index (χ3n) is 3.77. The third kappa shape index (κ3) is 6.02. The van der Waals surface area contributed by atoms with E-state index in [4.69, 9.17) is 0 Å². The highest BCUT2D eigenvalue weighted by Crippen LogP contribution is 2.08. The van der Waals surface area contributed by atoms with Gasteiger partial charge < -0.3 is 15.5 Å². The van der Waals surface area contributed by atoms with E-state index in [-0.39, 0.29) is 0 Å². The minimum absolute atomic E-state index is 0.839. The summed E-state index contributed by atoms with van der Waals surface area (Å²) in [5, 5.41) is 6.68. The molecule has 1 aliphatic heterocycles. The number of hydrogen-bond acceptors (Lipinski definition) is 5. The predicted octanol–water partition coefficient (Wildman–Crippen LogP) is 0.564. The fourth-order valence-corrected chi connectivity index (χ4v) is 2.52. The van der Waals surface area contributed by atoms with Crippen molar-refractivity contribution in [3.05, 3.63) is 18.5 Å². The summed E-state index contributed by atoms with van der Waals surface area (Å²) in [6.07, 6.45) is 4.67. The summed E-state index contributed by atoms with van der Waals surface area (Å²) < 4.78 is 0. The lowest BCUT2D eigenvalue weighted by Crippen LogP contribution is -2.49. The molecule has 0 amide bonds. The molecule has 0 saturated carbocycles. The van der Waals surface area contributed by atoms with Crippen molar-refractivity contribution < 1.29 is 0 Å². The van der Waals surface area contributed by atoms with Gasteiger partial charge in [0.2, 0.25) is 5.95 Å². The Morgan fingerprint density at radius 1 is 1.13 bits per heavy atom. The van der Waals surface area contributed by atoms with Crippen LogP contribution in [-0.2, 0) is 0 Å². The maximum absolute atomic E-state index is 4.52. The summed E-state index contributed by atoms with van der Waals surface area (Å²) in [5.41, 5.74) is 0. The number of aromatic nitrogens is 2. The van der Waals surface area contributed by atoms with E-state index >= 15 is 0 Å². The van der Waals surface area contributed by atoms with E-state index in [0.717, 1.165) is 70.7 Å². The van der Waals surface area contributed by atoms with Gasteiger partial charge in [-0.3, -0.25) is 9.89 Å². The van der Waals surface area contributed by atoms with Crippen LogP contribution in [-0.4, -0.2) is 73.2 Å². The van der Waals surface area contributed by atoms with Crippen molar-refractivity contribution in [1.29, 1.82) is 0 Å². The molecule has 1 aromatic rings. The average molecular weight is 319 g/mol. The van der Waals surface area contributed by atoms with E-state index in [9.17, 15) is 0 Å². The fraction of sp³-hybridized carbons (Fsp3) is 0.688. The normalized spacial score (nSPS) is 16.4. The molecule has 0 bridgehead atoms. The maximum atomic E-state index is 4.52. The van der Waals surface area contributed by atoms with E-state index in [0.29, 0.717) is 0 Å². The molecule has 1 aliphatic rings. The van der Waals surface area contributed by atoms with Crippen LogP contribution < -0.4 is 15.5 Å². The van der Waals surface area contributed by atoms with Gasteiger partial charge in [-0.25, -0.2) is 9.97 Å². The van der Waals surface area contributed by atoms with Crippen LogP contribution in [0.15, 0.2) is 23.5 Å². The molecule has 0 radical (unpaired) electrons. The molecule has 1 fully saturated rings. The van der Waals surface area contributed by atoms with E-state index in [2.05, 4.69) is 49.2 Å². The Balaban J connectivity index is 1.68. The Morgan fingerprint density at radius 3 is 2.52 bits per heavy atom. The lowest BCUT2D eigenvalue weighted by molar-refractivity contribution is 0.260. The Hall–Kier alpha value is -1.89. The first-order valence-corrected chi connectivity index (χ1v) is 8.60. The number of rotatable bonds is 7. The minimum atomic E-state index is 0.839. The lowest BCUT2D eigenvalue weighted by atomic mass is 10.3. The number of nitrogens with zero attached hydrogens (tertiary/aromatic N) is 5. The molecule has 7 heteroatoms. The maximum Gasteiger partial charge on any atom is 0.225 e. The van der Waals surface area contributed by atoms with Crippen molar-refractivity contribution in [2.24, 2.45) is 4.99 Å². The zero-order chi connectivity index (χ0) is 16.3. The molecule has 0 aromatic carbocycles. The van der Waals surface area contributed by atoms with E-state index < -0.39 is 0 Å². The first-order valence-electron chi connectivity index (χ1n) is 8.60.